The highest BCUT2D eigenvalue weighted by molar-refractivity contribution is 5.87. The summed E-state index contributed by atoms with van der Waals surface area (Å²) >= 11 is 0. The number of ether oxygens (including phenoxy) is 1. The molecule has 0 amide bonds. The zero-order valence-corrected chi connectivity index (χ0v) is 6.78. The quantitative estimate of drug-likeness (QED) is 0.387. The average molecular weight is 183 g/mol. The van der Waals surface area contributed by atoms with Crippen LogP contribution in [0.3, 0.4) is 0 Å². The molecule has 0 aromatic carbocycles. The summed E-state index contributed by atoms with van der Waals surface area (Å²) in [5, 5.41) is 0. The van der Waals surface area contributed by atoms with Gasteiger partial charge >= 0.3 is 5.97 Å². The van der Waals surface area contributed by atoms with Crippen molar-refractivity contribution in [1.82, 2.24) is 4.98 Å². The molecule has 0 bridgehead atoms. The Morgan fingerprint density at radius 1 is 1.62 bits per heavy atom. The fourth-order valence-electron chi connectivity index (χ4n) is 0.751. The number of aldehydes is 1. The number of halogens is 1. The standard InChI is InChI=1S/C8H6FNO3/c1-13-8(12)6-3-2-5(4-11)7(9)10-6/h2-4H,1H3. The fourth-order valence-corrected chi connectivity index (χ4v) is 0.751. The molecule has 4 nitrogen and oxygen atoms in total. The lowest BCUT2D eigenvalue weighted by Crippen LogP contribution is -2.06. The highest BCUT2D eigenvalue weighted by Crippen LogP contribution is 2.04. The van der Waals surface area contributed by atoms with Gasteiger partial charge in [0, 0.05) is 0 Å². The molecule has 0 unspecified atom stereocenters. The van der Waals surface area contributed by atoms with Crippen molar-refractivity contribution in [2.45, 2.75) is 0 Å². The highest BCUT2D eigenvalue weighted by atomic mass is 19.1. The molecule has 1 heterocycles. The van der Waals surface area contributed by atoms with Gasteiger partial charge in [-0.05, 0) is 12.1 Å². The van der Waals surface area contributed by atoms with Crippen molar-refractivity contribution in [3.63, 3.8) is 0 Å². The number of carbonyl (C=O) groups is 2. The molecule has 68 valence electrons. The molecule has 1 rings (SSSR count). The lowest BCUT2D eigenvalue weighted by Gasteiger charge is -1.98. The monoisotopic (exact) mass is 183 g/mol. The van der Waals surface area contributed by atoms with E-state index in [0.717, 1.165) is 7.11 Å². The molecule has 1 aromatic heterocycles. The predicted octanol–water partition coefficient (Wildman–Crippen LogP) is 0.820. The van der Waals surface area contributed by atoms with Crippen LogP contribution in [0.4, 0.5) is 4.39 Å². The molecule has 0 spiro atoms. The zero-order chi connectivity index (χ0) is 9.84. The van der Waals surface area contributed by atoms with Crippen molar-refractivity contribution in [2.24, 2.45) is 0 Å². The average Bonchev–Trinajstić information content (AvgIpc) is 2.16. The molecular formula is C8H6FNO3. The molecule has 0 N–H and O–H groups in total. The molecular weight excluding hydrogens is 177 g/mol. The van der Waals surface area contributed by atoms with Crippen LogP contribution in [0.15, 0.2) is 12.1 Å². The molecule has 0 saturated heterocycles. The van der Waals surface area contributed by atoms with E-state index in [4.69, 9.17) is 0 Å². The number of hydrogen-bond acceptors (Lipinski definition) is 4. The molecule has 13 heavy (non-hydrogen) atoms. The topological polar surface area (TPSA) is 56.3 Å². The third-order valence-corrected chi connectivity index (χ3v) is 1.40. The number of methoxy groups -OCH3 is 1. The second kappa shape index (κ2) is 3.75. The van der Waals surface area contributed by atoms with Crippen molar-refractivity contribution in [3.8, 4) is 0 Å². The summed E-state index contributed by atoms with van der Waals surface area (Å²) in [6, 6.07) is 2.39. The van der Waals surface area contributed by atoms with Gasteiger partial charge in [-0.3, -0.25) is 4.79 Å². The van der Waals surface area contributed by atoms with Crippen molar-refractivity contribution < 1.29 is 18.7 Å². The van der Waals surface area contributed by atoms with E-state index in [1.54, 1.807) is 0 Å². The maximum atomic E-state index is 12.8. The van der Waals surface area contributed by atoms with Crippen LogP contribution in [0.5, 0.6) is 0 Å². The van der Waals surface area contributed by atoms with Crippen molar-refractivity contribution in [1.29, 1.82) is 0 Å². The largest absolute Gasteiger partial charge is 0.464 e. The predicted molar refractivity (Wildman–Crippen MR) is 40.9 cm³/mol. The van der Waals surface area contributed by atoms with Gasteiger partial charge in [-0.2, -0.15) is 4.39 Å². The van der Waals surface area contributed by atoms with E-state index >= 15 is 0 Å². The summed E-state index contributed by atoms with van der Waals surface area (Å²) < 4.78 is 17.1. The first kappa shape index (κ1) is 9.31. The van der Waals surface area contributed by atoms with Gasteiger partial charge in [0.25, 0.3) is 0 Å². The zero-order valence-electron chi connectivity index (χ0n) is 6.78. The SMILES string of the molecule is COC(=O)c1ccc(C=O)c(F)n1. The van der Waals surface area contributed by atoms with Crippen LogP contribution in [0.2, 0.25) is 0 Å². The summed E-state index contributed by atoms with van der Waals surface area (Å²) in [7, 11) is 1.16. The van der Waals surface area contributed by atoms with Gasteiger partial charge in [0.2, 0.25) is 5.95 Å². The van der Waals surface area contributed by atoms with Gasteiger partial charge in [0.05, 0.1) is 12.7 Å². The molecule has 5 heteroatoms. The molecule has 0 atom stereocenters. The molecule has 0 saturated carbocycles. The normalized spacial score (nSPS) is 9.38. The first-order chi connectivity index (χ1) is 6.19. The van der Waals surface area contributed by atoms with E-state index in [2.05, 4.69) is 9.72 Å². The minimum Gasteiger partial charge on any atom is -0.464 e. The molecule has 0 aliphatic rings. The van der Waals surface area contributed by atoms with E-state index in [1.165, 1.54) is 12.1 Å². The minimum atomic E-state index is -0.974. The van der Waals surface area contributed by atoms with Crippen molar-refractivity contribution in [2.75, 3.05) is 7.11 Å². The third kappa shape index (κ3) is 1.87. The molecule has 0 aliphatic heterocycles. The van der Waals surface area contributed by atoms with Crippen molar-refractivity contribution >= 4 is 12.3 Å². The maximum absolute atomic E-state index is 12.8. The molecule has 0 aliphatic carbocycles. The van der Waals surface area contributed by atoms with Crippen LogP contribution in [0.25, 0.3) is 0 Å². The minimum absolute atomic E-state index is 0.161. The number of hydrogen-bond donors (Lipinski definition) is 0. The Morgan fingerprint density at radius 2 is 2.31 bits per heavy atom. The Hall–Kier alpha value is -1.78. The van der Waals surface area contributed by atoms with Gasteiger partial charge in [0.15, 0.2) is 12.0 Å². The van der Waals surface area contributed by atoms with E-state index in [9.17, 15) is 14.0 Å². The van der Waals surface area contributed by atoms with Crippen LogP contribution in [0, 0.1) is 5.95 Å². The smallest absolute Gasteiger partial charge is 0.356 e. The van der Waals surface area contributed by atoms with Gasteiger partial charge < -0.3 is 4.74 Å². The lowest BCUT2D eigenvalue weighted by molar-refractivity contribution is 0.0592. The van der Waals surface area contributed by atoms with Crippen LogP contribution in [-0.4, -0.2) is 24.3 Å². The summed E-state index contributed by atoms with van der Waals surface area (Å²) in [5.41, 5.74) is -0.349. The van der Waals surface area contributed by atoms with Gasteiger partial charge in [-0.25, -0.2) is 9.78 Å². The second-order valence-corrected chi connectivity index (χ2v) is 2.19. The van der Waals surface area contributed by atoms with Gasteiger partial charge in [-0.1, -0.05) is 0 Å². The summed E-state index contributed by atoms with van der Waals surface area (Å²) in [4.78, 5) is 24.2. The number of nitrogens with zero attached hydrogens (tertiary/aromatic N) is 1. The van der Waals surface area contributed by atoms with Crippen LogP contribution < -0.4 is 0 Å². The molecule has 1 aromatic rings. The highest BCUT2D eigenvalue weighted by Gasteiger charge is 2.10. The number of esters is 1. The summed E-state index contributed by atoms with van der Waals surface area (Å²) in [6.07, 6.45) is 0.323. The number of aromatic nitrogens is 1. The van der Waals surface area contributed by atoms with E-state index in [0.29, 0.717) is 6.29 Å². The fraction of sp³-hybridized carbons (Fsp3) is 0.125. The Bertz CT molecular complexity index is 351. The molecule has 0 radical (unpaired) electrons. The van der Waals surface area contributed by atoms with E-state index < -0.39 is 11.9 Å². The van der Waals surface area contributed by atoms with Crippen LogP contribution >= 0.6 is 0 Å². The van der Waals surface area contributed by atoms with Gasteiger partial charge in [0.1, 0.15) is 0 Å². The van der Waals surface area contributed by atoms with Crippen LogP contribution in [-0.2, 0) is 4.74 Å². The number of pyridine rings is 1. The molecule has 0 fully saturated rings. The third-order valence-electron chi connectivity index (χ3n) is 1.40. The first-order valence-electron chi connectivity index (χ1n) is 3.39. The number of carbonyl (C=O) groups excluding carboxylic acids is 2. The Morgan fingerprint density at radius 3 is 2.77 bits per heavy atom. The Labute approximate surface area is 73.3 Å². The number of rotatable bonds is 2. The van der Waals surface area contributed by atoms with Crippen molar-refractivity contribution in [3.05, 3.63) is 29.3 Å². The first-order valence-corrected chi connectivity index (χ1v) is 3.39. The maximum Gasteiger partial charge on any atom is 0.356 e. The summed E-state index contributed by atoms with van der Waals surface area (Å²) in [6.45, 7) is 0. The second-order valence-electron chi connectivity index (χ2n) is 2.19. The lowest BCUT2D eigenvalue weighted by atomic mass is 10.2. The summed E-state index contributed by atoms with van der Waals surface area (Å²) in [5.74, 6) is -1.71. The van der Waals surface area contributed by atoms with E-state index in [1.807, 2.05) is 0 Å². The Balaban J connectivity index is 3.09. The van der Waals surface area contributed by atoms with Gasteiger partial charge in [-0.15, -0.1) is 0 Å². The van der Waals surface area contributed by atoms with E-state index in [-0.39, 0.29) is 11.3 Å². The van der Waals surface area contributed by atoms with Crippen LogP contribution in [0.1, 0.15) is 20.8 Å². The Kier molecular flexibility index (Phi) is 2.69.